The van der Waals surface area contributed by atoms with Crippen LogP contribution in [0.4, 0.5) is 24.5 Å². The molecule has 34 heavy (non-hydrogen) atoms. The Morgan fingerprint density at radius 2 is 1.91 bits per heavy atom. The summed E-state index contributed by atoms with van der Waals surface area (Å²) in [6.07, 6.45) is 2.42. The van der Waals surface area contributed by atoms with Crippen LogP contribution in [0.25, 0.3) is 10.9 Å². The Morgan fingerprint density at radius 3 is 2.65 bits per heavy atom. The first-order valence-electron chi connectivity index (χ1n) is 10.3. The Hall–Kier alpha value is -2.89. The van der Waals surface area contributed by atoms with Crippen LogP contribution >= 0.6 is 11.6 Å². The molecule has 0 saturated carbocycles. The molecule has 2 heterocycles. The van der Waals surface area contributed by atoms with E-state index in [2.05, 4.69) is 10.3 Å². The number of pyridine rings is 1. The topological polar surface area (TPSA) is 91.4 Å². The molecule has 12 heteroatoms. The van der Waals surface area contributed by atoms with E-state index < -0.39 is 34.0 Å². The molecule has 3 aromatic rings. The average Bonchev–Trinajstić information content (AvgIpc) is 3.25. The molecule has 1 aromatic heterocycles. The Balaban J connectivity index is 1.59. The number of carbonyl (C=O) groups excluding carboxylic acids is 1. The van der Waals surface area contributed by atoms with Crippen molar-refractivity contribution in [2.24, 2.45) is 0 Å². The van der Waals surface area contributed by atoms with Crippen LogP contribution in [-0.2, 0) is 10.0 Å². The standard InChI is InChI=1S/C22H20ClF3N4O3S/c23-14-3-1-4-15(11-14)29-16-6-7-20-19(12-16)18(8-9-27-20)21(31)30-10-2-5-17(30)13-28-34(32,33)22(24,25)26/h1,3-4,6-9,11-12,17,28-29H,2,5,10,13H2. The summed E-state index contributed by atoms with van der Waals surface area (Å²) < 4.78 is 62.3. The van der Waals surface area contributed by atoms with Gasteiger partial charge in [-0.05, 0) is 55.3 Å². The molecular weight excluding hydrogens is 493 g/mol. The molecule has 1 fully saturated rings. The maximum atomic E-state index is 13.4. The largest absolute Gasteiger partial charge is 0.511 e. The summed E-state index contributed by atoms with van der Waals surface area (Å²) in [5.41, 5.74) is -3.08. The van der Waals surface area contributed by atoms with Gasteiger partial charge in [0.25, 0.3) is 5.91 Å². The van der Waals surface area contributed by atoms with E-state index in [0.717, 1.165) is 5.69 Å². The highest BCUT2D eigenvalue weighted by Crippen LogP contribution is 2.28. The van der Waals surface area contributed by atoms with Crippen molar-refractivity contribution in [3.63, 3.8) is 0 Å². The third-order valence-corrected chi connectivity index (χ3v) is 6.93. The number of alkyl halides is 3. The number of benzene rings is 2. The van der Waals surface area contributed by atoms with Crippen LogP contribution in [0.3, 0.4) is 0 Å². The molecule has 1 amide bonds. The number of anilines is 2. The van der Waals surface area contributed by atoms with Gasteiger partial charge in [0, 0.05) is 47.1 Å². The first-order valence-corrected chi connectivity index (χ1v) is 12.2. The van der Waals surface area contributed by atoms with Crippen LogP contribution in [0.15, 0.2) is 54.7 Å². The Morgan fingerprint density at radius 1 is 1.15 bits per heavy atom. The number of amides is 1. The van der Waals surface area contributed by atoms with Crippen LogP contribution < -0.4 is 10.0 Å². The fourth-order valence-electron chi connectivity index (χ4n) is 3.90. The molecule has 1 aliphatic heterocycles. The van der Waals surface area contributed by atoms with Crippen LogP contribution in [0.5, 0.6) is 0 Å². The van der Waals surface area contributed by atoms with E-state index in [4.69, 9.17) is 11.6 Å². The predicted octanol–water partition coefficient (Wildman–Crippen LogP) is 4.68. The number of nitrogens with zero attached hydrogens (tertiary/aromatic N) is 2. The van der Waals surface area contributed by atoms with E-state index in [9.17, 15) is 26.4 Å². The van der Waals surface area contributed by atoms with Crippen molar-refractivity contribution in [2.75, 3.05) is 18.4 Å². The molecule has 4 rings (SSSR count). The second kappa shape index (κ2) is 9.40. The molecule has 2 aromatic carbocycles. The maximum Gasteiger partial charge on any atom is 0.511 e. The zero-order valence-electron chi connectivity index (χ0n) is 17.6. The molecule has 180 valence electrons. The van der Waals surface area contributed by atoms with Gasteiger partial charge in [-0.3, -0.25) is 9.78 Å². The summed E-state index contributed by atoms with van der Waals surface area (Å²) in [4.78, 5) is 19.1. The highest BCUT2D eigenvalue weighted by Gasteiger charge is 2.46. The number of fused-ring (bicyclic) bond motifs is 1. The lowest BCUT2D eigenvalue weighted by Gasteiger charge is -2.25. The third kappa shape index (κ3) is 5.11. The maximum absolute atomic E-state index is 13.4. The van der Waals surface area contributed by atoms with Crippen LogP contribution in [0.2, 0.25) is 5.02 Å². The van der Waals surface area contributed by atoms with Crippen molar-refractivity contribution in [3.05, 3.63) is 65.3 Å². The zero-order valence-corrected chi connectivity index (χ0v) is 19.2. The van der Waals surface area contributed by atoms with Gasteiger partial charge in [-0.2, -0.15) is 13.2 Å². The molecule has 2 N–H and O–H groups in total. The van der Waals surface area contributed by atoms with Gasteiger partial charge >= 0.3 is 15.5 Å². The van der Waals surface area contributed by atoms with Gasteiger partial charge in [0.2, 0.25) is 0 Å². The molecule has 0 aliphatic carbocycles. The van der Waals surface area contributed by atoms with Gasteiger partial charge in [-0.1, -0.05) is 17.7 Å². The summed E-state index contributed by atoms with van der Waals surface area (Å²) in [5, 5.41) is 4.33. The smallest absolute Gasteiger partial charge is 0.355 e. The molecule has 1 atom stereocenters. The summed E-state index contributed by atoms with van der Waals surface area (Å²) in [7, 11) is -5.49. The monoisotopic (exact) mass is 512 g/mol. The second-order valence-corrected chi connectivity index (χ2v) is 10.0. The van der Waals surface area contributed by atoms with E-state index in [-0.39, 0.29) is 0 Å². The molecule has 0 spiro atoms. The summed E-state index contributed by atoms with van der Waals surface area (Å²) >= 11 is 6.03. The van der Waals surface area contributed by atoms with Gasteiger partial charge < -0.3 is 10.2 Å². The first-order chi connectivity index (χ1) is 16.0. The number of aromatic nitrogens is 1. The van der Waals surface area contributed by atoms with Gasteiger partial charge in [0.1, 0.15) is 0 Å². The number of hydrogen-bond acceptors (Lipinski definition) is 5. The first kappa shape index (κ1) is 24.2. The van der Waals surface area contributed by atoms with E-state index in [1.165, 1.54) is 11.1 Å². The van der Waals surface area contributed by atoms with Crippen LogP contribution in [0, 0.1) is 0 Å². The van der Waals surface area contributed by atoms with Crippen LogP contribution in [0.1, 0.15) is 23.2 Å². The fraction of sp³-hybridized carbons (Fsp3) is 0.273. The minimum Gasteiger partial charge on any atom is -0.355 e. The fourth-order valence-corrected chi connectivity index (χ4v) is 4.67. The average molecular weight is 513 g/mol. The lowest BCUT2D eigenvalue weighted by atomic mass is 10.1. The number of rotatable bonds is 6. The Labute approximate surface area is 199 Å². The number of hydrogen-bond donors (Lipinski definition) is 2. The van der Waals surface area contributed by atoms with Crippen molar-refractivity contribution in [3.8, 4) is 0 Å². The minimum atomic E-state index is -5.49. The molecule has 1 saturated heterocycles. The predicted molar refractivity (Wildman–Crippen MR) is 124 cm³/mol. The number of likely N-dealkylation sites (tertiary alicyclic amines) is 1. The van der Waals surface area contributed by atoms with E-state index in [1.54, 1.807) is 47.2 Å². The van der Waals surface area contributed by atoms with Crippen molar-refractivity contribution in [1.82, 2.24) is 14.6 Å². The normalized spacial score (nSPS) is 16.7. The van der Waals surface area contributed by atoms with Crippen LogP contribution in [-0.4, -0.2) is 48.8 Å². The number of sulfonamides is 1. The SMILES string of the molecule is O=C(c1ccnc2ccc(Nc3cccc(Cl)c3)cc12)N1CCCC1CNS(=O)(=O)C(F)(F)F. The van der Waals surface area contributed by atoms with Gasteiger partial charge in [0.15, 0.2) is 0 Å². The van der Waals surface area contributed by atoms with Crippen molar-refractivity contribution in [1.29, 1.82) is 0 Å². The second-order valence-electron chi connectivity index (χ2n) is 7.82. The summed E-state index contributed by atoms with van der Waals surface area (Å²) in [5.74, 6) is -0.402. The van der Waals surface area contributed by atoms with Crippen molar-refractivity contribution in [2.45, 2.75) is 24.4 Å². The molecule has 1 aliphatic rings. The lowest BCUT2D eigenvalue weighted by molar-refractivity contribution is -0.0448. The van der Waals surface area contributed by atoms with E-state index in [0.29, 0.717) is 46.6 Å². The molecular formula is C22H20ClF3N4O3S. The quantitative estimate of drug-likeness (QED) is 0.500. The highest BCUT2D eigenvalue weighted by atomic mass is 35.5. The van der Waals surface area contributed by atoms with Gasteiger partial charge in [-0.15, -0.1) is 0 Å². The third-order valence-electron chi connectivity index (χ3n) is 5.54. The lowest BCUT2D eigenvalue weighted by Crippen LogP contribution is -2.46. The molecule has 0 radical (unpaired) electrons. The van der Waals surface area contributed by atoms with E-state index >= 15 is 0 Å². The zero-order chi connectivity index (χ0) is 24.5. The van der Waals surface area contributed by atoms with Crippen molar-refractivity contribution >= 4 is 49.8 Å². The summed E-state index contributed by atoms with van der Waals surface area (Å²) in [6.45, 7) is -0.209. The Kier molecular flexibility index (Phi) is 6.70. The molecule has 7 nitrogen and oxygen atoms in total. The number of nitrogens with one attached hydrogen (secondary N) is 2. The minimum absolute atomic E-state index is 0.307. The van der Waals surface area contributed by atoms with Gasteiger partial charge in [-0.25, -0.2) is 13.1 Å². The summed E-state index contributed by atoms with van der Waals surface area (Å²) in [6, 6.07) is 13.3. The van der Waals surface area contributed by atoms with Crippen molar-refractivity contribution < 1.29 is 26.4 Å². The molecule has 0 bridgehead atoms. The molecule has 1 unspecified atom stereocenters. The highest BCUT2D eigenvalue weighted by molar-refractivity contribution is 7.90. The van der Waals surface area contributed by atoms with Gasteiger partial charge in [0.05, 0.1) is 11.1 Å². The number of carbonyl (C=O) groups is 1. The van der Waals surface area contributed by atoms with E-state index in [1.807, 2.05) is 6.07 Å². The Bertz CT molecular complexity index is 1330. The number of halogens is 4.